The number of aliphatic hydroxyl groups is 1. The number of amides is 1. The molecule has 1 aromatic heterocycles. The van der Waals surface area contributed by atoms with Crippen LogP contribution in [0, 0.1) is 5.82 Å². The molecule has 1 heterocycles. The summed E-state index contributed by atoms with van der Waals surface area (Å²) in [6.07, 6.45) is -0.697. The number of carbonyl (C=O) groups excluding carboxylic acids is 1. The number of nitrogens with zero attached hydrogens (tertiary/aromatic N) is 1. The Kier molecular flexibility index (Phi) is 7.15. The molecule has 6 nitrogen and oxygen atoms in total. The van der Waals surface area contributed by atoms with Crippen molar-refractivity contribution in [3.05, 3.63) is 65.3 Å². The van der Waals surface area contributed by atoms with Crippen molar-refractivity contribution in [2.24, 2.45) is 4.99 Å². The van der Waals surface area contributed by atoms with E-state index in [9.17, 15) is 14.3 Å². The monoisotopic (exact) mass is 414 g/mol. The largest absolute Gasteiger partial charge is 0.386 e. The van der Waals surface area contributed by atoms with Crippen LogP contribution in [0.1, 0.15) is 17.9 Å². The molecule has 2 aromatic carbocycles. The van der Waals surface area contributed by atoms with Gasteiger partial charge in [-0.1, -0.05) is 24.3 Å². The van der Waals surface area contributed by atoms with E-state index in [1.165, 1.54) is 18.2 Å². The second-order valence-corrected chi connectivity index (χ2v) is 7.45. The average molecular weight is 415 g/mol. The van der Waals surface area contributed by atoms with Crippen molar-refractivity contribution in [3.8, 4) is 0 Å². The van der Waals surface area contributed by atoms with Crippen molar-refractivity contribution in [2.45, 2.75) is 13.0 Å². The number of anilines is 1. The number of benzene rings is 2. The van der Waals surface area contributed by atoms with Crippen LogP contribution in [-0.2, 0) is 4.79 Å². The summed E-state index contributed by atoms with van der Waals surface area (Å²) in [5, 5.41) is 20.3. The highest BCUT2D eigenvalue weighted by Gasteiger charge is 2.12. The number of hydrogen-bond donors (Lipinski definition) is 4. The van der Waals surface area contributed by atoms with Gasteiger partial charge in [-0.3, -0.25) is 4.79 Å². The van der Waals surface area contributed by atoms with Crippen LogP contribution in [0.4, 0.5) is 10.1 Å². The molecule has 0 aliphatic rings. The van der Waals surface area contributed by atoms with Crippen LogP contribution in [0.15, 0.2) is 59.6 Å². The summed E-state index contributed by atoms with van der Waals surface area (Å²) in [6.45, 7) is 2.64. The topological polar surface area (TPSA) is 85.8 Å². The van der Waals surface area contributed by atoms with E-state index < -0.39 is 11.9 Å². The third-order valence-corrected chi connectivity index (χ3v) is 5.29. The van der Waals surface area contributed by atoms with Gasteiger partial charge in [0.15, 0.2) is 5.96 Å². The number of fused-ring (bicyclic) bond motifs is 1. The molecule has 0 aliphatic heterocycles. The van der Waals surface area contributed by atoms with E-state index in [0.717, 1.165) is 15.0 Å². The Morgan fingerprint density at radius 2 is 2.00 bits per heavy atom. The van der Waals surface area contributed by atoms with Gasteiger partial charge in [-0.2, -0.15) is 0 Å². The van der Waals surface area contributed by atoms with Crippen molar-refractivity contribution >= 4 is 39.0 Å². The number of aliphatic hydroxyl groups excluding tert-OH is 1. The zero-order valence-electron chi connectivity index (χ0n) is 16.0. The lowest BCUT2D eigenvalue weighted by molar-refractivity contribution is -0.114. The summed E-state index contributed by atoms with van der Waals surface area (Å²) in [7, 11) is 0. The molecule has 0 bridgehead atoms. The van der Waals surface area contributed by atoms with Crippen LogP contribution in [0.3, 0.4) is 0 Å². The SMILES string of the molecule is CCNC(=NCC(=O)Nc1cccc(F)c1)NCC(O)c1cc2ccccc2s1. The van der Waals surface area contributed by atoms with E-state index in [0.29, 0.717) is 18.2 Å². The van der Waals surface area contributed by atoms with Crippen molar-refractivity contribution in [3.63, 3.8) is 0 Å². The van der Waals surface area contributed by atoms with E-state index in [1.807, 2.05) is 37.3 Å². The Hall–Kier alpha value is -2.97. The highest BCUT2D eigenvalue weighted by molar-refractivity contribution is 7.19. The highest BCUT2D eigenvalue weighted by atomic mass is 32.1. The van der Waals surface area contributed by atoms with E-state index >= 15 is 0 Å². The van der Waals surface area contributed by atoms with Gasteiger partial charge in [0, 0.05) is 28.4 Å². The van der Waals surface area contributed by atoms with Crippen LogP contribution in [0.5, 0.6) is 0 Å². The first-order chi connectivity index (χ1) is 14.0. The number of rotatable bonds is 7. The molecule has 152 valence electrons. The molecule has 0 spiro atoms. The van der Waals surface area contributed by atoms with Crippen molar-refractivity contribution in [1.29, 1.82) is 0 Å². The normalized spacial score (nSPS) is 12.6. The molecule has 3 aromatic rings. The zero-order valence-corrected chi connectivity index (χ0v) is 16.8. The fourth-order valence-corrected chi connectivity index (χ4v) is 3.77. The van der Waals surface area contributed by atoms with Crippen LogP contribution >= 0.6 is 11.3 Å². The minimum atomic E-state index is -0.697. The summed E-state index contributed by atoms with van der Waals surface area (Å²) < 4.78 is 14.3. The van der Waals surface area contributed by atoms with Gasteiger partial charge >= 0.3 is 0 Å². The zero-order chi connectivity index (χ0) is 20.6. The first kappa shape index (κ1) is 20.8. The summed E-state index contributed by atoms with van der Waals surface area (Å²) in [6, 6.07) is 15.6. The van der Waals surface area contributed by atoms with E-state index in [-0.39, 0.29) is 19.0 Å². The number of thiophene rings is 1. The first-order valence-corrected chi connectivity index (χ1v) is 10.1. The second kappa shape index (κ2) is 9.99. The van der Waals surface area contributed by atoms with E-state index in [2.05, 4.69) is 20.9 Å². The molecule has 29 heavy (non-hydrogen) atoms. The molecule has 1 amide bonds. The van der Waals surface area contributed by atoms with Crippen LogP contribution < -0.4 is 16.0 Å². The predicted molar refractivity (Wildman–Crippen MR) is 116 cm³/mol. The maximum absolute atomic E-state index is 13.2. The number of guanidine groups is 1. The van der Waals surface area contributed by atoms with Gasteiger partial charge in [0.1, 0.15) is 18.5 Å². The standard InChI is InChI=1S/C21H23FN4O2S/c1-2-23-21(25-13-20(28)26-16-8-5-7-15(22)11-16)24-12-17(27)19-10-14-6-3-4-9-18(14)29-19/h3-11,17,27H,2,12-13H2,1H3,(H,26,28)(H2,23,24,25). The molecular weight excluding hydrogens is 391 g/mol. The molecule has 8 heteroatoms. The molecule has 1 unspecified atom stereocenters. The molecule has 0 saturated carbocycles. The smallest absolute Gasteiger partial charge is 0.246 e. The Bertz CT molecular complexity index is 972. The Morgan fingerprint density at radius 3 is 2.76 bits per heavy atom. The van der Waals surface area contributed by atoms with Crippen molar-refractivity contribution in [1.82, 2.24) is 10.6 Å². The van der Waals surface area contributed by atoms with Crippen LogP contribution in [0.25, 0.3) is 10.1 Å². The maximum atomic E-state index is 13.2. The third kappa shape index (κ3) is 6.00. The van der Waals surface area contributed by atoms with Crippen molar-refractivity contribution in [2.75, 3.05) is 25.0 Å². The summed E-state index contributed by atoms with van der Waals surface area (Å²) in [4.78, 5) is 17.1. The molecule has 0 saturated heterocycles. The quantitative estimate of drug-likeness (QED) is 0.353. The maximum Gasteiger partial charge on any atom is 0.246 e. The second-order valence-electron chi connectivity index (χ2n) is 6.34. The number of carbonyl (C=O) groups is 1. The lowest BCUT2D eigenvalue weighted by atomic mass is 10.2. The summed E-state index contributed by atoms with van der Waals surface area (Å²) >= 11 is 1.55. The molecule has 3 rings (SSSR count). The molecule has 0 aliphatic carbocycles. The highest BCUT2D eigenvalue weighted by Crippen LogP contribution is 2.29. The Balaban J connectivity index is 1.56. The number of halogens is 1. The molecule has 4 N–H and O–H groups in total. The van der Waals surface area contributed by atoms with E-state index in [1.54, 1.807) is 17.4 Å². The van der Waals surface area contributed by atoms with Crippen LogP contribution in [0.2, 0.25) is 0 Å². The van der Waals surface area contributed by atoms with Crippen LogP contribution in [-0.4, -0.2) is 36.6 Å². The molecule has 1 atom stereocenters. The van der Waals surface area contributed by atoms with Gasteiger partial charge < -0.3 is 21.1 Å². The minimum Gasteiger partial charge on any atom is -0.386 e. The number of nitrogens with one attached hydrogen (secondary N) is 3. The van der Waals surface area contributed by atoms with Gasteiger partial charge in [0.2, 0.25) is 5.91 Å². The average Bonchev–Trinajstić information content (AvgIpc) is 3.14. The first-order valence-electron chi connectivity index (χ1n) is 9.29. The molecule has 0 radical (unpaired) electrons. The fraction of sp³-hybridized carbons (Fsp3) is 0.238. The predicted octanol–water partition coefficient (Wildman–Crippen LogP) is 3.27. The molecule has 0 fully saturated rings. The van der Waals surface area contributed by atoms with Gasteiger partial charge in [-0.25, -0.2) is 9.38 Å². The lowest BCUT2D eigenvalue weighted by Crippen LogP contribution is -2.40. The van der Waals surface area contributed by atoms with E-state index in [4.69, 9.17) is 0 Å². The Labute approximate surface area is 172 Å². The summed E-state index contributed by atoms with van der Waals surface area (Å²) in [5.74, 6) is -0.364. The third-order valence-electron chi connectivity index (χ3n) is 4.07. The minimum absolute atomic E-state index is 0.134. The Morgan fingerprint density at radius 1 is 1.17 bits per heavy atom. The van der Waals surface area contributed by atoms with Gasteiger partial charge in [0.25, 0.3) is 0 Å². The van der Waals surface area contributed by atoms with Gasteiger partial charge in [0.05, 0.1) is 0 Å². The number of hydrogen-bond acceptors (Lipinski definition) is 4. The van der Waals surface area contributed by atoms with Gasteiger partial charge in [-0.05, 0) is 42.6 Å². The fourth-order valence-electron chi connectivity index (χ4n) is 2.72. The lowest BCUT2D eigenvalue weighted by Gasteiger charge is -2.14. The molecular formula is C21H23FN4O2S. The summed E-state index contributed by atoms with van der Waals surface area (Å²) in [5.41, 5.74) is 0.378. The number of aliphatic imine (C=N–C) groups is 1. The van der Waals surface area contributed by atoms with Crippen molar-refractivity contribution < 1.29 is 14.3 Å². The van der Waals surface area contributed by atoms with Gasteiger partial charge in [-0.15, -0.1) is 11.3 Å².